The molecular formula is C10H14BrNO2. The second-order valence-electron chi connectivity index (χ2n) is 3.17. The van der Waals surface area contributed by atoms with Gasteiger partial charge in [0.05, 0.1) is 18.4 Å². The van der Waals surface area contributed by atoms with Gasteiger partial charge in [0.2, 0.25) is 0 Å². The highest BCUT2D eigenvalue weighted by atomic mass is 79.9. The van der Waals surface area contributed by atoms with Crippen molar-refractivity contribution in [1.82, 2.24) is 0 Å². The van der Waals surface area contributed by atoms with Crippen molar-refractivity contribution in [2.75, 3.05) is 12.3 Å². The quantitative estimate of drug-likeness (QED) is 0.816. The Balaban J connectivity index is 2.51. The fourth-order valence-corrected chi connectivity index (χ4v) is 1.37. The van der Waals surface area contributed by atoms with E-state index in [2.05, 4.69) is 15.9 Å². The van der Waals surface area contributed by atoms with E-state index in [4.69, 9.17) is 15.6 Å². The highest BCUT2D eigenvalue weighted by Crippen LogP contribution is 2.25. The Morgan fingerprint density at radius 3 is 2.86 bits per heavy atom. The van der Waals surface area contributed by atoms with Crippen molar-refractivity contribution in [3.8, 4) is 5.75 Å². The maximum absolute atomic E-state index is 9.03. The second-order valence-corrected chi connectivity index (χ2v) is 4.08. The lowest BCUT2D eigenvalue weighted by atomic mass is 10.3. The topological polar surface area (TPSA) is 55.5 Å². The van der Waals surface area contributed by atoms with Crippen LogP contribution in [0.5, 0.6) is 5.75 Å². The first-order chi connectivity index (χ1) is 6.59. The van der Waals surface area contributed by atoms with Gasteiger partial charge in [0.1, 0.15) is 5.75 Å². The Kier molecular flexibility index (Phi) is 4.22. The lowest BCUT2D eigenvalue weighted by Crippen LogP contribution is -2.08. The summed E-state index contributed by atoms with van der Waals surface area (Å²) in [4.78, 5) is 0. The average Bonchev–Trinajstić information content (AvgIpc) is 2.08. The summed E-state index contributed by atoms with van der Waals surface area (Å²) in [5.41, 5.74) is 6.32. The molecule has 78 valence electrons. The number of rotatable bonds is 4. The molecule has 0 saturated carbocycles. The number of ether oxygens (including phenoxy) is 1. The smallest absolute Gasteiger partial charge is 0.142 e. The molecule has 3 nitrogen and oxygen atoms in total. The molecule has 0 aliphatic heterocycles. The minimum absolute atomic E-state index is 0.341. The van der Waals surface area contributed by atoms with E-state index < -0.39 is 0 Å². The van der Waals surface area contributed by atoms with Crippen LogP contribution < -0.4 is 10.5 Å². The highest BCUT2D eigenvalue weighted by molar-refractivity contribution is 9.10. The largest absolute Gasteiger partial charge is 0.491 e. The van der Waals surface area contributed by atoms with Crippen LogP contribution in [0.25, 0.3) is 0 Å². The molecule has 0 aliphatic rings. The number of anilines is 1. The lowest BCUT2D eigenvalue weighted by Gasteiger charge is -2.09. The zero-order chi connectivity index (χ0) is 10.6. The van der Waals surface area contributed by atoms with Gasteiger partial charge in [0.15, 0.2) is 0 Å². The Hall–Kier alpha value is -0.740. The first-order valence-electron chi connectivity index (χ1n) is 4.45. The predicted molar refractivity (Wildman–Crippen MR) is 60.3 cm³/mol. The van der Waals surface area contributed by atoms with Crippen LogP contribution in [0.3, 0.4) is 0 Å². The third-order valence-electron chi connectivity index (χ3n) is 1.77. The molecule has 0 amide bonds. The molecule has 4 heteroatoms. The van der Waals surface area contributed by atoms with Crippen LogP contribution >= 0.6 is 15.9 Å². The van der Waals surface area contributed by atoms with Gasteiger partial charge >= 0.3 is 0 Å². The molecule has 0 fully saturated rings. The van der Waals surface area contributed by atoms with Crippen molar-refractivity contribution < 1.29 is 9.84 Å². The van der Waals surface area contributed by atoms with E-state index in [0.29, 0.717) is 24.5 Å². The van der Waals surface area contributed by atoms with Gasteiger partial charge in [-0.2, -0.15) is 0 Å². The van der Waals surface area contributed by atoms with Gasteiger partial charge in [-0.05, 0) is 25.1 Å². The number of aliphatic hydroxyl groups excluding tert-OH is 1. The maximum atomic E-state index is 9.03. The zero-order valence-electron chi connectivity index (χ0n) is 8.03. The SMILES string of the molecule is CC(O)CCOc1ccc(Br)cc1N. The Morgan fingerprint density at radius 1 is 1.57 bits per heavy atom. The molecule has 1 atom stereocenters. The molecule has 0 radical (unpaired) electrons. The van der Waals surface area contributed by atoms with Crippen LogP contribution in [0, 0.1) is 0 Å². The number of halogens is 1. The molecule has 1 unspecified atom stereocenters. The van der Waals surface area contributed by atoms with Gasteiger partial charge < -0.3 is 15.6 Å². The van der Waals surface area contributed by atoms with Gasteiger partial charge in [-0.15, -0.1) is 0 Å². The number of nitrogens with two attached hydrogens (primary N) is 1. The maximum Gasteiger partial charge on any atom is 0.142 e. The molecule has 0 bridgehead atoms. The van der Waals surface area contributed by atoms with E-state index >= 15 is 0 Å². The normalized spacial score (nSPS) is 12.5. The third kappa shape index (κ3) is 3.55. The van der Waals surface area contributed by atoms with Crippen LogP contribution in [-0.4, -0.2) is 17.8 Å². The number of hydrogen-bond donors (Lipinski definition) is 2. The fourth-order valence-electron chi connectivity index (χ4n) is 0.990. The highest BCUT2D eigenvalue weighted by Gasteiger charge is 2.01. The fraction of sp³-hybridized carbons (Fsp3) is 0.400. The molecule has 0 heterocycles. The van der Waals surface area contributed by atoms with Crippen LogP contribution in [-0.2, 0) is 0 Å². The van der Waals surface area contributed by atoms with Crippen molar-refractivity contribution in [1.29, 1.82) is 0 Å². The van der Waals surface area contributed by atoms with Crippen molar-refractivity contribution in [3.63, 3.8) is 0 Å². The summed E-state index contributed by atoms with van der Waals surface area (Å²) in [6.45, 7) is 2.21. The van der Waals surface area contributed by atoms with Gasteiger partial charge in [0, 0.05) is 10.9 Å². The van der Waals surface area contributed by atoms with E-state index in [9.17, 15) is 0 Å². The second kappa shape index (κ2) is 5.22. The molecule has 1 aromatic carbocycles. The van der Waals surface area contributed by atoms with Crippen LogP contribution in [0.4, 0.5) is 5.69 Å². The van der Waals surface area contributed by atoms with Gasteiger partial charge in [-0.1, -0.05) is 15.9 Å². The monoisotopic (exact) mass is 259 g/mol. The van der Waals surface area contributed by atoms with E-state index in [-0.39, 0.29) is 6.10 Å². The Morgan fingerprint density at radius 2 is 2.29 bits per heavy atom. The number of hydrogen-bond acceptors (Lipinski definition) is 3. The standard InChI is InChI=1S/C10H14BrNO2/c1-7(13)4-5-14-10-3-2-8(11)6-9(10)12/h2-3,6-7,13H,4-5,12H2,1H3. The molecule has 0 spiro atoms. The van der Waals surface area contributed by atoms with Crippen molar-refractivity contribution in [2.24, 2.45) is 0 Å². The van der Waals surface area contributed by atoms with E-state index in [1.807, 2.05) is 12.1 Å². The lowest BCUT2D eigenvalue weighted by molar-refractivity contribution is 0.156. The van der Waals surface area contributed by atoms with Crippen LogP contribution in [0.1, 0.15) is 13.3 Å². The minimum Gasteiger partial charge on any atom is -0.491 e. The van der Waals surface area contributed by atoms with Crippen LogP contribution in [0.2, 0.25) is 0 Å². The number of nitrogen functional groups attached to an aromatic ring is 1. The Labute approximate surface area is 92.0 Å². The molecule has 0 aromatic heterocycles. The summed E-state index contributed by atoms with van der Waals surface area (Å²) >= 11 is 3.31. The Bertz CT molecular complexity index is 302. The van der Waals surface area contributed by atoms with Gasteiger partial charge in [-0.25, -0.2) is 0 Å². The van der Waals surface area contributed by atoms with E-state index in [0.717, 1.165) is 4.47 Å². The molecule has 3 N–H and O–H groups in total. The summed E-state index contributed by atoms with van der Waals surface area (Å²) < 4.78 is 6.33. The molecular weight excluding hydrogens is 246 g/mol. The molecule has 0 saturated heterocycles. The summed E-state index contributed by atoms with van der Waals surface area (Å²) in [5.74, 6) is 0.661. The average molecular weight is 260 g/mol. The zero-order valence-corrected chi connectivity index (χ0v) is 9.62. The van der Waals surface area contributed by atoms with Gasteiger partial charge in [0.25, 0.3) is 0 Å². The van der Waals surface area contributed by atoms with Crippen LogP contribution in [0.15, 0.2) is 22.7 Å². The van der Waals surface area contributed by atoms with Crippen molar-refractivity contribution in [2.45, 2.75) is 19.4 Å². The minimum atomic E-state index is -0.341. The number of benzene rings is 1. The molecule has 1 rings (SSSR count). The summed E-state index contributed by atoms with van der Waals surface area (Å²) in [5, 5.41) is 9.03. The third-order valence-corrected chi connectivity index (χ3v) is 2.26. The summed E-state index contributed by atoms with van der Waals surface area (Å²) in [6.07, 6.45) is 0.266. The summed E-state index contributed by atoms with van der Waals surface area (Å²) in [7, 11) is 0. The van der Waals surface area contributed by atoms with E-state index in [1.54, 1.807) is 13.0 Å². The summed E-state index contributed by atoms with van der Waals surface area (Å²) in [6, 6.07) is 5.47. The van der Waals surface area contributed by atoms with E-state index in [1.165, 1.54) is 0 Å². The van der Waals surface area contributed by atoms with Crippen molar-refractivity contribution >= 4 is 21.6 Å². The predicted octanol–water partition coefficient (Wildman–Crippen LogP) is 2.18. The number of aliphatic hydroxyl groups is 1. The van der Waals surface area contributed by atoms with Gasteiger partial charge in [-0.3, -0.25) is 0 Å². The molecule has 0 aliphatic carbocycles. The first-order valence-corrected chi connectivity index (χ1v) is 5.25. The van der Waals surface area contributed by atoms with Crippen molar-refractivity contribution in [3.05, 3.63) is 22.7 Å². The first kappa shape index (κ1) is 11.3. The molecule has 1 aromatic rings. The molecule has 14 heavy (non-hydrogen) atoms.